The molecule has 0 radical (unpaired) electrons. The zero-order chi connectivity index (χ0) is 10.6. The average Bonchev–Trinajstić information content (AvgIpc) is 2.18. The van der Waals surface area contributed by atoms with Crippen molar-refractivity contribution in [2.45, 2.75) is 6.92 Å². The van der Waals surface area contributed by atoms with Crippen LogP contribution in [0.15, 0.2) is 23.8 Å². The molecule has 0 aliphatic carbocycles. The van der Waals surface area contributed by atoms with Gasteiger partial charge in [-0.15, -0.1) is 0 Å². The zero-order valence-corrected chi connectivity index (χ0v) is 8.25. The summed E-state index contributed by atoms with van der Waals surface area (Å²) in [6, 6.07) is 4.67. The minimum absolute atomic E-state index is 0.0202. The van der Waals surface area contributed by atoms with E-state index in [-0.39, 0.29) is 12.4 Å². The highest BCUT2D eigenvalue weighted by atomic mass is 19.1. The Kier molecular flexibility index (Phi) is 3.65. The summed E-state index contributed by atoms with van der Waals surface area (Å²) in [4.78, 5) is 0. The van der Waals surface area contributed by atoms with Gasteiger partial charge in [0, 0.05) is 0 Å². The van der Waals surface area contributed by atoms with Gasteiger partial charge in [-0.25, -0.2) is 4.39 Å². The number of hydrogen-bond donors (Lipinski definition) is 1. The Hall–Kier alpha value is -1.35. The molecule has 0 atom stereocenters. The molecular weight excluding hydrogens is 183 g/mol. The van der Waals surface area contributed by atoms with Crippen LogP contribution in [0.4, 0.5) is 4.39 Å². The molecule has 0 saturated heterocycles. The van der Waals surface area contributed by atoms with Gasteiger partial charge in [0.2, 0.25) is 0 Å². The molecule has 0 spiro atoms. The molecule has 76 valence electrons. The lowest BCUT2D eigenvalue weighted by atomic mass is 10.1. The fourth-order valence-corrected chi connectivity index (χ4v) is 1.10. The first-order chi connectivity index (χ1) is 6.67. The van der Waals surface area contributed by atoms with Gasteiger partial charge >= 0.3 is 0 Å². The number of hydrogen-bond acceptors (Lipinski definition) is 2. The van der Waals surface area contributed by atoms with E-state index in [4.69, 9.17) is 9.84 Å². The molecular formula is C11H13FO2. The Labute approximate surface area is 82.6 Å². The van der Waals surface area contributed by atoms with Gasteiger partial charge in [0.25, 0.3) is 0 Å². The third kappa shape index (κ3) is 2.57. The summed E-state index contributed by atoms with van der Waals surface area (Å²) >= 11 is 0. The van der Waals surface area contributed by atoms with E-state index < -0.39 is 5.82 Å². The topological polar surface area (TPSA) is 29.5 Å². The third-order valence-corrected chi connectivity index (χ3v) is 1.84. The minimum atomic E-state index is -0.396. The van der Waals surface area contributed by atoms with Crippen LogP contribution in [-0.4, -0.2) is 18.8 Å². The molecule has 0 fully saturated rings. The van der Waals surface area contributed by atoms with Crippen molar-refractivity contribution in [2.75, 3.05) is 13.7 Å². The van der Waals surface area contributed by atoms with E-state index in [0.717, 1.165) is 11.1 Å². The molecule has 1 aromatic rings. The van der Waals surface area contributed by atoms with E-state index in [9.17, 15) is 4.39 Å². The molecule has 0 aliphatic heterocycles. The van der Waals surface area contributed by atoms with Crippen molar-refractivity contribution in [3.05, 3.63) is 35.2 Å². The Morgan fingerprint density at radius 1 is 1.57 bits per heavy atom. The lowest BCUT2D eigenvalue weighted by molar-refractivity contribution is 0.332. The standard InChI is InChI=1S/C11H13FO2/c1-8(7-13)5-9-3-4-11(14-2)10(12)6-9/h3-6,13H,7H2,1-2H3. The smallest absolute Gasteiger partial charge is 0.165 e. The van der Waals surface area contributed by atoms with Crippen LogP contribution in [0.25, 0.3) is 6.08 Å². The van der Waals surface area contributed by atoms with Crippen LogP contribution in [0.2, 0.25) is 0 Å². The summed E-state index contributed by atoms with van der Waals surface area (Å²) < 4.78 is 18.0. The first-order valence-electron chi connectivity index (χ1n) is 4.29. The van der Waals surface area contributed by atoms with Gasteiger partial charge in [-0.1, -0.05) is 12.1 Å². The van der Waals surface area contributed by atoms with E-state index in [1.54, 1.807) is 25.1 Å². The third-order valence-electron chi connectivity index (χ3n) is 1.84. The summed E-state index contributed by atoms with van der Waals surface area (Å²) in [5.41, 5.74) is 1.50. The molecule has 0 aliphatic rings. The zero-order valence-electron chi connectivity index (χ0n) is 8.25. The van der Waals surface area contributed by atoms with Crippen molar-refractivity contribution in [3.63, 3.8) is 0 Å². The first kappa shape index (κ1) is 10.7. The van der Waals surface area contributed by atoms with Crippen molar-refractivity contribution in [1.29, 1.82) is 0 Å². The molecule has 0 amide bonds. The SMILES string of the molecule is COc1ccc(C=C(C)CO)cc1F. The summed E-state index contributed by atoms with van der Waals surface area (Å²) in [5.74, 6) is -0.171. The molecule has 1 aromatic carbocycles. The summed E-state index contributed by atoms with van der Waals surface area (Å²) in [5, 5.41) is 8.78. The van der Waals surface area contributed by atoms with Crippen LogP contribution in [0.3, 0.4) is 0 Å². The number of halogens is 1. The monoisotopic (exact) mass is 196 g/mol. The molecule has 3 heteroatoms. The van der Waals surface area contributed by atoms with Gasteiger partial charge in [-0.2, -0.15) is 0 Å². The summed E-state index contributed by atoms with van der Waals surface area (Å²) in [6.07, 6.45) is 1.72. The maximum Gasteiger partial charge on any atom is 0.165 e. The van der Waals surface area contributed by atoms with E-state index in [1.165, 1.54) is 13.2 Å². The predicted molar refractivity (Wildman–Crippen MR) is 53.7 cm³/mol. The fourth-order valence-electron chi connectivity index (χ4n) is 1.10. The van der Waals surface area contributed by atoms with Crippen molar-refractivity contribution >= 4 is 6.08 Å². The Morgan fingerprint density at radius 3 is 2.79 bits per heavy atom. The van der Waals surface area contributed by atoms with Gasteiger partial charge in [0.15, 0.2) is 11.6 Å². The lowest BCUT2D eigenvalue weighted by Gasteiger charge is -2.02. The Bertz CT molecular complexity index is 345. The van der Waals surface area contributed by atoms with Crippen LogP contribution in [-0.2, 0) is 0 Å². The highest BCUT2D eigenvalue weighted by molar-refractivity contribution is 5.53. The molecule has 0 saturated carbocycles. The number of rotatable bonds is 3. The van der Waals surface area contributed by atoms with E-state index in [0.29, 0.717) is 0 Å². The van der Waals surface area contributed by atoms with Crippen molar-refractivity contribution < 1.29 is 14.2 Å². The van der Waals surface area contributed by atoms with Gasteiger partial charge in [0.05, 0.1) is 13.7 Å². The molecule has 0 unspecified atom stereocenters. The molecule has 1 rings (SSSR count). The highest BCUT2D eigenvalue weighted by Gasteiger charge is 2.01. The van der Waals surface area contributed by atoms with Crippen LogP contribution in [0, 0.1) is 5.82 Å². The number of aliphatic hydroxyl groups is 1. The lowest BCUT2D eigenvalue weighted by Crippen LogP contribution is -1.89. The second-order valence-corrected chi connectivity index (χ2v) is 3.04. The summed E-state index contributed by atoms with van der Waals surface area (Å²) in [7, 11) is 1.42. The summed E-state index contributed by atoms with van der Waals surface area (Å²) in [6.45, 7) is 1.76. The van der Waals surface area contributed by atoms with Gasteiger partial charge in [0.1, 0.15) is 0 Å². The number of methoxy groups -OCH3 is 1. The van der Waals surface area contributed by atoms with Crippen molar-refractivity contribution in [2.24, 2.45) is 0 Å². The van der Waals surface area contributed by atoms with Crippen molar-refractivity contribution in [3.8, 4) is 5.75 Å². The number of ether oxygens (including phenoxy) is 1. The molecule has 0 bridgehead atoms. The molecule has 2 nitrogen and oxygen atoms in total. The minimum Gasteiger partial charge on any atom is -0.494 e. The molecule has 0 aromatic heterocycles. The fraction of sp³-hybridized carbons (Fsp3) is 0.273. The van der Waals surface area contributed by atoms with E-state index >= 15 is 0 Å². The van der Waals surface area contributed by atoms with Crippen molar-refractivity contribution in [1.82, 2.24) is 0 Å². The Morgan fingerprint density at radius 2 is 2.29 bits per heavy atom. The second-order valence-electron chi connectivity index (χ2n) is 3.04. The van der Waals surface area contributed by atoms with Crippen LogP contribution < -0.4 is 4.74 Å². The van der Waals surface area contributed by atoms with E-state index in [1.807, 2.05) is 0 Å². The van der Waals surface area contributed by atoms with Crippen LogP contribution in [0.5, 0.6) is 5.75 Å². The van der Waals surface area contributed by atoms with Crippen LogP contribution >= 0.6 is 0 Å². The predicted octanol–water partition coefficient (Wildman–Crippen LogP) is 2.23. The molecule has 0 heterocycles. The molecule has 14 heavy (non-hydrogen) atoms. The second kappa shape index (κ2) is 4.77. The average molecular weight is 196 g/mol. The quantitative estimate of drug-likeness (QED) is 0.803. The van der Waals surface area contributed by atoms with Crippen LogP contribution in [0.1, 0.15) is 12.5 Å². The first-order valence-corrected chi connectivity index (χ1v) is 4.29. The van der Waals surface area contributed by atoms with Gasteiger partial charge in [-0.05, 0) is 30.2 Å². The molecule has 1 N–H and O–H groups in total. The number of benzene rings is 1. The largest absolute Gasteiger partial charge is 0.494 e. The normalized spacial score (nSPS) is 11.6. The highest BCUT2D eigenvalue weighted by Crippen LogP contribution is 2.19. The maximum atomic E-state index is 13.2. The van der Waals surface area contributed by atoms with Gasteiger partial charge < -0.3 is 9.84 Å². The Balaban J connectivity index is 2.97. The number of aliphatic hydroxyl groups excluding tert-OH is 1. The van der Waals surface area contributed by atoms with E-state index in [2.05, 4.69) is 0 Å². The van der Waals surface area contributed by atoms with Gasteiger partial charge in [-0.3, -0.25) is 0 Å². The maximum absolute atomic E-state index is 13.2.